The molecule has 0 radical (unpaired) electrons. The summed E-state index contributed by atoms with van der Waals surface area (Å²) in [5.41, 5.74) is 5.71. The first-order chi connectivity index (χ1) is 11.2. The van der Waals surface area contributed by atoms with Gasteiger partial charge >= 0.3 is 0 Å². The van der Waals surface area contributed by atoms with Gasteiger partial charge in [0.1, 0.15) is 0 Å². The van der Waals surface area contributed by atoms with Gasteiger partial charge in [0.15, 0.2) is 0 Å². The van der Waals surface area contributed by atoms with E-state index < -0.39 is 0 Å². The van der Waals surface area contributed by atoms with Crippen molar-refractivity contribution in [3.05, 3.63) is 59.7 Å². The molecule has 2 aromatic carbocycles. The van der Waals surface area contributed by atoms with Crippen molar-refractivity contribution in [1.82, 2.24) is 0 Å². The SMILES string of the molecule is CC(C1CO1)C1(C(C)C2CO2)c2ccccc2-c2ccccc21. The molecule has 2 aliphatic heterocycles. The molecule has 0 N–H and O–H groups in total. The smallest absolute Gasteiger partial charge is 0.0847 e. The van der Waals surface area contributed by atoms with E-state index in [4.69, 9.17) is 9.47 Å². The summed E-state index contributed by atoms with van der Waals surface area (Å²) in [6.07, 6.45) is 0.742. The maximum Gasteiger partial charge on any atom is 0.0847 e. The quantitative estimate of drug-likeness (QED) is 0.797. The van der Waals surface area contributed by atoms with E-state index in [1.807, 2.05) is 0 Å². The van der Waals surface area contributed by atoms with Gasteiger partial charge in [-0.15, -0.1) is 0 Å². The molecular weight excluding hydrogens is 284 g/mol. The molecule has 2 fully saturated rings. The lowest BCUT2D eigenvalue weighted by atomic mass is 9.60. The van der Waals surface area contributed by atoms with E-state index in [2.05, 4.69) is 62.4 Å². The lowest BCUT2D eigenvalue weighted by Gasteiger charge is -2.42. The van der Waals surface area contributed by atoms with Gasteiger partial charge in [-0.25, -0.2) is 0 Å². The molecule has 3 aliphatic rings. The maximum atomic E-state index is 5.75. The van der Waals surface area contributed by atoms with E-state index >= 15 is 0 Å². The molecule has 4 unspecified atom stereocenters. The third-order valence-electron chi connectivity index (χ3n) is 6.31. The fourth-order valence-electron chi connectivity index (χ4n) is 4.97. The highest BCUT2D eigenvalue weighted by atomic mass is 16.6. The molecule has 23 heavy (non-hydrogen) atoms. The van der Waals surface area contributed by atoms with E-state index in [9.17, 15) is 0 Å². The van der Waals surface area contributed by atoms with Crippen molar-refractivity contribution in [1.29, 1.82) is 0 Å². The Morgan fingerprint density at radius 3 is 1.57 bits per heavy atom. The summed E-state index contributed by atoms with van der Waals surface area (Å²) in [4.78, 5) is 0. The Balaban J connectivity index is 1.81. The van der Waals surface area contributed by atoms with Crippen LogP contribution in [0.2, 0.25) is 0 Å². The van der Waals surface area contributed by atoms with E-state index in [-0.39, 0.29) is 5.41 Å². The van der Waals surface area contributed by atoms with Crippen LogP contribution < -0.4 is 0 Å². The highest BCUT2D eigenvalue weighted by Crippen LogP contribution is 2.60. The molecule has 0 bridgehead atoms. The second kappa shape index (κ2) is 4.68. The van der Waals surface area contributed by atoms with Crippen LogP contribution in [-0.4, -0.2) is 25.4 Å². The topological polar surface area (TPSA) is 25.1 Å². The average Bonchev–Trinajstić information content (AvgIpc) is 3.48. The molecule has 0 spiro atoms. The molecule has 118 valence electrons. The summed E-state index contributed by atoms with van der Waals surface area (Å²) in [5.74, 6) is 0.901. The third-order valence-corrected chi connectivity index (χ3v) is 6.31. The Kier molecular flexibility index (Phi) is 2.80. The number of hydrogen-bond acceptors (Lipinski definition) is 2. The zero-order valence-corrected chi connectivity index (χ0v) is 13.7. The van der Waals surface area contributed by atoms with Gasteiger partial charge < -0.3 is 9.47 Å². The number of fused-ring (bicyclic) bond motifs is 3. The van der Waals surface area contributed by atoms with Crippen LogP contribution in [0.25, 0.3) is 11.1 Å². The minimum atomic E-state index is -0.00444. The highest BCUT2D eigenvalue weighted by Gasteiger charge is 2.58. The molecule has 2 heteroatoms. The standard InChI is InChI=1S/C21H22O2/c1-13(19-11-22-19)21(14(2)20-12-23-20)17-9-5-3-7-15(17)16-8-4-6-10-18(16)21/h3-10,13-14,19-20H,11-12H2,1-2H3. The monoisotopic (exact) mass is 306 g/mol. The third kappa shape index (κ3) is 1.76. The van der Waals surface area contributed by atoms with E-state index in [0.717, 1.165) is 13.2 Å². The summed E-state index contributed by atoms with van der Waals surface area (Å²) in [6, 6.07) is 17.9. The van der Waals surface area contributed by atoms with Gasteiger partial charge in [0.2, 0.25) is 0 Å². The Hall–Kier alpha value is -1.64. The van der Waals surface area contributed by atoms with Crippen molar-refractivity contribution in [3.63, 3.8) is 0 Å². The van der Waals surface area contributed by atoms with Crippen LogP contribution in [0.1, 0.15) is 25.0 Å². The number of benzene rings is 2. The zero-order valence-electron chi connectivity index (χ0n) is 13.7. The second-order valence-electron chi connectivity index (χ2n) is 7.28. The molecule has 2 aromatic rings. The summed E-state index contributed by atoms with van der Waals surface area (Å²) in [7, 11) is 0. The van der Waals surface area contributed by atoms with E-state index in [1.54, 1.807) is 0 Å². The van der Waals surface area contributed by atoms with Gasteiger partial charge in [-0.2, -0.15) is 0 Å². The first-order valence-corrected chi connectivity index (χ1v) is 8.67. The zero-order chi connectivity index (χ0) is 15.6. The summed E-state index contributed by atoms with van der Waals surface area (Å²) in [5, 5.41) is 0. The molecule has 1 aliphatic carbocycles. The summed E-state index contributed by atoms with van der Waals surface area (Å²) < 4.78 is 11.5. The minimum absolute atomic E-state index is 0.00444. The Bertz CT molecular complexity index is 692. The van der Waals surface area contributed by atoms with Crippen molar-refractivity contribution >= 4 is 0 Å². The lowest BCUT2D eigenvalue weighted by Crippen LogP contribution is -2.44. The normalized spacial score (nSPS) is 28.6. The molecule has 5 rings (SSSR count). The minimum Gasteiger partial charge on any atom is -0.373 e. The second-order valence-corrected chi connectivity index (χ2v) is 7.28. The van der Waals surface area contributed by atoms with Crippen molar-refractivity contribution in [3.8, 4) is 11.1 Å². The van der Waals surface area contributed by atoms with Crippen LogP contribution in [0.15, 0.2) is 48.5 Å². The van der Waals surface area contributed by atoms with E-state index in [1.165, 1.54) is 22.3 Å². The van der Waals surface area contributed by atoms with Crippen LogP contribution in [0.3, 0.4) is 0 Å². The van der Waals surface area contributed by atoms with Gasteiger partial charge in [-0.3, -0.25) is 0 Å². The number of ether oxygens (including phenoxy) is 2. The molecular formula is C21H22O2. The molecule has 0 aromatic heterocycles. The molecule has 2 heterocycles. The molecule has 2 saturated heterocycles. The fourth-order valence-corrected chi connectivity index (χ4v) is 4.97. The van der Waals surface area contributed by atoms with Gasteiger partial charge in [0.25, 0.3) is 0 Å². The average molecular weight is 306 g/mol. The van der Waals surface area contributed by atoms with Gasteiger partial charge in [0.05, 0.1) is 25.4 Å². The lowest BCUT2D eigenvalue weighted by molar-refractivity contribution is 0.170. The number of epoxide rings is 2. The molecule has 2 nitrogen and oxygen atoms in total. The fraction of sp³-hybridized carbons (Fsp3) is 0.429. The molecule has 0 amide bonds. The largest absolute Gasteiger partial charge is 0.373 e. The molecule has 4 atom stereocenters. The van der Waals surface area contributed by atoms with Gasteiger partial charge in [-0.1, -0.05) is 62.4 Å². The predicted octanol–water partition coefficient (Wildman–Crippen LogP) is 4.02. The van der Waals surface area contributed by atoms with Crippen molar-refractivity contribution in [2.75, 3.05) is 13.2 Å². The predicted molar refractivity (Wildman–Crippen MR) is 90.5 cm³/mol. The van der Waals surface area contributed by atoms with Crippen LogP contribution in [0.5, 0.6) is 0 Å². The van der Waals surface area contributed by atoms with Crippen molar-refractivity contribution < 1.29 is 9.47 Å². The summed E-state index contributed by atoms with van der Waals surface area (Å²) >= 11 is 0. The molecule has 0 saturated carbocycles. The van der Waals surface area contributed by atoms with Crippen molar-refractivity contribution in [2.24, 2.45) is 11.8 Å². The Morgan fingerprint density at radius 1 is 0.783 bits per heavy atom. The first kappa shape index (κ1) is 13.8. The van der Waals surface area contributed by atoms with E-state index in [0.29, 0.717) is 24.0 Å². The summed E-state index contributed by atoms with van der Waals surface area (Å²) in [6.45, 7) is 6.53. The van der Waals surface area contributed by atoms with Crippen molar-refractivity contribution in [2.45, 2.75) is 31.5 Å². The van der Waals surface area contributed by atoms with Gasteiger partial charge in [0, 0.05) is 5.41 Å². The highest BCUT2D eigenvalue weighted by molar-refractivity contribution is 5.81. The number of rotatable bonds is 4. The van der Waals surface area contributed by atoms with Gasteiger partial charge in [-0.05, 0) is 34.1 Å². The van der Waals surface area contributed by atoms with Crippen LogP contribution in [0, 0.1) is 11.8 Å². The van der Waals surface area contributed by atoms with Crippen LogP contribution in [0.4, 0.5) is 0 Å². The number of hydrogen-bond donors (Lipinski definition) is 0. The Labute approximate surface area is 137 Å². The first-order valence-electron chi connectivity index (χ1n) is 8.67. The van der Waals surface area contributed by atoms with Crippen LogP contribution >= 0.6 is 0 Å². The van der Waals surface area contributed by atoms with Crippen LogP contribution in [-0.2, 0) is 14.9 Å². The maximum absolute atomic E-state index is 5.75. The Morgan fingerprint density at radius 2 is 1.17 bits per heavy atom.